The lowest BCUT2D eigenvalue weighted by Crippen LogP contribution is -2.37. The summed E-state index contributed by atoms with van der Waals surface area (Å²) >= 11 is 0. The zero-order chi connectivity index (χ0) is 23.5. The summed E-state index contributed by atoms with van der Waals surface area (Å²) in [4.78, 5) is 7.50. The number of halogens is 5. The van der Waals surface area contributed by atoms with Crippen molar-refractivity contribution >= 4 is 17.7 Å². The lowest BCUT2D eigenvalue weighted by atomic mass is 9.90. The molecule has 174 valence electrons. The van der Waals surface area contributed by atoms with Gasteiger partial charge in [0.05, 0.1) is 0 Å². The van der Waals surface area contributed by atoms with E-state index in [1.165, 1.54) is 30.7 Å². The topological polar surface area (TPSA) is 53.7 Å². The Kier molecular flexibility index (Phi) is 7.20. The number of aromatic nitrogens is 2. The number of hydrogen-bond acceptors (Lipinski definition) is 4. The number of anilines is 1. The van der Waals surface area contributed by atoms with E-state index in [0.29, 0.717) is 17.1 Å². The van der Waals surface area contributed by atoms with Gasteiger partial charge >= 0.3 is 6.18 Å². The molecule has 0 spiro atoms. The van der Waals surface area contributed by atoms with Crippen LogP contribution in [0.15, 0.2) is 52.8 Å². The second-order valence-corrected chi connectivity index (χ2v) is 7.86. The minimum Gasteiger partial charge on any atom is -0.382 e. The van der Waals surface area contributed by atoms with Crippen LogP contribution in [0.3, 0.4) is 0 Å². The second kappa shape index (κ2) is 9.70. The van der Waals surface area contributed by atoms with Gasteiger partial charge in [-0.3, -0.25) is 9.39 Å². The molecule has 0 unspecified atom stereocenters. The zero-order valence-corrected chi connectivity index (χ0v) is 17.9. The van der Waals surface area contributed by atoms with E-state index in [9.17, 15) is 22.0 Å². The van der Waals surface area contributed by atoms with Crippen molar-refractivity contribution in [3.8, 4) is 0 Å². The fourth-order valence-electron chi connectivity index (χ4n) is 3.84. The first-order valence-electron chi connectivity index (χ1n) is 10.3. The maximum Gasteiger partial charge on any atom is 0.434 e. The molecule has 0 amide bonds. The molecule has 3 rings (SSSR count). The van der Waals surface area contributed by atoms with Crippen molar-refractivity contribution in [3.63, 3.8) is 0 Å². The maximum absolute atomic E-state index is 13.1. The van der Waals surface area contributed by atoms with Crippen molar-refractivity contribution in [2.75, 3.05) is 12.4 Å². The van der Waals surface area contributed by atoms with Crippen LogP contribution in [0.4, 0.5) is 27.8 Å². The molecular formula is C22H26F5N5. The molecule has 2 N–H and O–H groups in total. The van der Waals surface area contributed by atoms with E-state index in [0.717, 1.165) is 31.9 Å². The van der Waals surface area contributed by atoms with Gasteiger partial charge in [-0.1, -0.05) is 12.6 Å². The van der Waals surface area contributed by atoms with Gasteiger partial charge in [-0.25, -0.2) is 13.8 Å². The predicted molar refractivity (Wildman–Crippen MR) is 115 cm³/mol. The van der Waals surface area contributed by atoms with E-state index in [1.54, 1.807) is 12.1 Å². The van der Waals surface area contributed by atoms with Gasteiger partial charge in [-0.15, -0.1) is 0 Å². The summed E-state index contributed by atoms with van der Waals surface area (Å²) < 4.78 is 66.6. The Hall–Kier alpha value is -2.91. The molecule has 32 heavy (non-hydrogen) atoms. The third-order valence-electron chi connectivity index (χ3n) is 5.58. The number of pyridine rings is 1. The highest BCUT2D eigenvalue weighted by atomic mass is 19.4. The highest BCUT2D eigenvalue weighted by molar-refractivity contribution is 5.85. The quantitative estimate of drug-likeness (QED) is 0.331. The summed E-state index contributed by atoms with van der Waals surface area (Å²) in [6, 6.07) is 5.04. The van der Waals surface area contributed by atoms with Gasteiger partial charge in [0.25, 0.3) is 6.43 Å². The Morgan fingerprint density at radius 1 is 1.22 bits per heavy atom. The molecule has 0 aromatic carbocycles. The number of aliphatic imine (C=N–C) groups is 1. The number of allylic oxidation sites excluding steroid dienone is 2. The van der Waals surface area contributed by atoms with Crippen LogP contribution < -0.4 is 10.6 Å². The van der Waals surface area contributed by atoms with E-state index in [2.05, 4.69) is 27.2 Å². The first kappa shape index (κ1) is 23.7. The molecule has 1 aliphatic rings. The van der Waals surface area contributed by atoms with Crippen LogP contribution in [0.2, 0.25) is 0 Å². The van der Waals surface area contributed by atoms with Crippen LogP contribution in [-0.2, 0) is 6.18 Å². The smallest absolute Gasteiger partial charge is 0.382 e. The predicted octanol–water partition coefficient (Wildman–Crippen LogP) is 5.46. The third kappa shape index (κ3) is 5.46. The van der Waals surface area contributed by atoms with Crippen molar-refractivity contribution in [2.45, 2.75) is 57.3 Å². The van der Waals surface area contributed by atoms with Crippen molar-refractivity contribution in [2.24, 2.45) is 4.99 Å². The Balaban J connectivity index is 1.63. The molecule has 0 atom stereocenters. The van der Waals surface area contributed by atoms with Crippen LogP contribution in [-0.4, -0.2) is 41.2 Å². The average Bonchev–Trinajstić information content (AvgIpc) is 3.19. The zero-order valence-electron chi connectivity index (χ0n) is 17.9. The molecule has 10 heteroatoms. The van der Waals surface area contributed by atoms with Gasteiger partial charge in [0.1, 0.15) is 11.5 Å². The summed E-state index contributed by atoms with van der Waals surface area (Å²) in [6.07, 6.45) is -1.69. The minimum absolute atomic E-state index is 0.0622. The van der Waals surface area contributed by atoms with Gasteiger partial charge in [0.2, 0.25) is 0 Å². The SMILES string of the molecule is C=C(NC1CCC(Nc2cccc3nc(C(F)(F)F)cn23)CC1)/C(C=NC)=C(/C)C(F)F. The molecular weight excluding hydrogens is 429 g/mol. The van der Waals surface area contributed by atoms with Gasteiger partial charge < -0.3 is 10.6 Å². The molecule has 1 saturated carbocycles. The number of hydrogen-bond donors (Lipinski definition) is 2. The van der Waals surface area contributed by atoms with Crippen molar-refractivity contribution in [1.82, 2.24) is 14.7 Å². The maximum atomic E-state index is 13.1. The number of alkyl halides is 5. The summed E-state index contributed by atoms with van der Waals surface area (Å²) in [7, 11) is 1.52. The van der Waals surface area contributed by atoms with Gasteiger partial charge in [0.15, 0.2) is 5.69 Å². The molecule has 0 aliphatic heterocycles. The first-order valence-corrected chi connectivity index (χ1v) is 10.3. The van der Waals surface area contributed by atoms with E-state index >= 15 is 0 Å². The normalized spacial score (nSPS) is 20.6. The van der Waals surface area contributed by atoms with Crippen LogP contribution in [0.25, 0.3) is 5.65 Å². The lowest BCUT2D eigenvalue weighted by Gasteiger charge is -2.31. The van der Waals surface area contributed by atoms with E-state index in [1.807, 2.05) is 0 Å². The fraction of sp³-hybridized carbons (Fsp3) is 0.455. The van der Waals surface area contributed by atoms with Crippen LogP contribution in [0, 0.1) is 0 Å². The minimum atomic E-state index is -4.51. The van der Waals surface area contributed by atoms with E-state index in [4.69, 9.17) is 0 Å². The third-order valence-corrected chi connectivity index (χ3v) is 5.58. The highest BCUT2D eigenvalue weighted by Crippen LogP contribution is 2.30. The molecule has 1 aliphatic carbocycles. The number of fused-ring (bicyclic) bond motifs is 1. The molecule has 0 saturated heterocycles. The summed E-state index contributed by atoms with van der Waals surface area (Å²) in [5.74, 6) is 0.545. The molecule has 2 aromatic heterocycles. The monoisotopic (exact) mass is 455 g/mol. The summed E-state index contributed by atoms with van der Waals surface area (Å²) in [5.41, 5.74) is -0.0881. The highest BCUT2D eigenvalue weighted by Gasteiger charge is 2.34. The van der Waals surface area contributed by atoms with Crippen LogP contribution in [0.1, 0.15) is 38.3 Å². The van der Waals surface area contributed by atoms with E-state index < -0.39 is 18.3 Å². The van der Waals surface area contributed by atoms with Crippen molar-refractivity contribution in [1.29, 1.82) is 0 Å². The van der Waals surface area contributed by atoms with Gasteiger partial charge in [0, 0.05) is 48.4 Å². The van der Waals surface area contributed by atoms with Crippen molar-refractivity contribution < 1.29 is 22.0 Å². The average molecular weight is 455 g/mol. The summed E-state index contributed by atoms with van der Waals surface area (Å²) in [5, 5.41) is 6.54. The first-order chi connectivity index (χ1) is 15.1. The number of imidazole rings is 1. The molecule has 2 heterocycles. The van der Waals surface area contributed by atoms with Gasteiger partial charge in [-0.2, -0.15) is 13.2 Å². The number of nitrogens with zero attached hydrogens (tertiary/aromatic N) is 3. The fourth-order valence-corrected chi connectivity index (χ4v) is 3.84. The van der Waals surface area contributed by atoms with Crippen LogP contribution >= 0.6 is 0 Å². The molecule has 5 nitrogen and oxygen atoms in total. The van der Waals surface area contributed by atoms with Gasteiger partial charge in [-0.05, 0) is 44.7 Å². The molecule has 0 radical (unpaired) electrons. The standard InChI is InChI=1S/C22H26F5N5/c1-13(21(23)24)17(11-28-3)14(2)29-15-7-9-16(10-8-15)30-19-5-4-6-20-31-18(12-32(19)20)22(25,26)27/h4-6,11-12,15-16,21,29-30H,2,7-10H2,1,3H3/b17-13-,28-11?. The Labute approximate surface area is 183 Å². The van der Waals surface area contributed by atoms with Crippen LogP contribution in [0.5, 0.6) is 0 Å². The number of nitrogens with one attached hydrogen (secondary N) is 2. The summed E-state index contributed by atoms with van der Waals surface area (Å²) in [6.45, 7) is 5.26. The Morgan fingerprint density at radius 2 is 1.88 bits per heavy atom. The molecule has 0 bridgehead atoms. The Morgan fingerprint density at radius 3 is 2.47 bits per heavy atom. The number of rotatable bonds is 7. The van der Waals surface area contributed by atoms with E-state index in [-0.39, 0.29) is 23.3 Å². The second-order valence-electron chi connectivity index (χ2n) is 7.86. The lowest BCUT2D eigenvalue weighted by molar-refractivity contribution is -0.140. The Bertz CT molecular complexity index is 1010. The largest absolute Gasteiger partial charge is 0.434 e. The molecule has 2 aromatic rings. The molecule has 1 fully saturated rings. The van der Waals surface area contributed by atoms with Crippen molar-refractivity contribution in [3.05, 3.63) is 53.5 Å².